The first-order valence-electron chi connectivity index (χ1n) is 6.78. The van der Waals surface area contributed by atoms with Gasteiger partial charge in [0.15, 0.2) is 0 Å². The topological polar surface area (TPSA) is 57.4 Å². The van der Waals surface area contributed by atoms with Crippen molar-refractivity contribution in [3.63, 3.8) is 0 Å². The molecule has 0 unspecified atom stereocenters. The van der Waals surface area contributed by atoms with E-state index in [0.29, 0.717) is 6.54 Å². The molecule has 2 heterocycles. The Bertz CT molecular complexity index is 459. The standard InChI is InChI=1S/C14H23BN2O2/c1-10-8-12(17-9-11(10)6-7-16)15-18-13(2,3)14(4,5)19-15/h8-9H,6-7,16H2,1-5H3. The van der Waals surface area contributed by atoms with Gasteiger partial charge >= 0.3 is 7.12 Å². The van der Waals surface area contributed by atoms with E-state index in [4.69, 9.17) is 15.0 Å². The van der Waals surface area contributed by atoms with E-state index in [1.165, 1.54) is 11.1 Å². The molecule has 1 saturated heterocycles. The lowest BCUT2D eigenvalue weighted by Gasteiger charge is -2.32. The monoisotopic (exact) mass is 262 g/mol. The first-order chi connectivity index (χ1) is 8.77. The van der Waals surface area contributed by atoms with Crippen LogP contribution in [0.25, 0.3) is 0 Å². The molecule has 1 aliphatic heterocycles. The molecule has 4 nitrogen and oxygen atoms in total. The quantitative estimate of drug-likeness (QED) is 0.831. The smallest absolute Gasteiger partial charge is 0.398 e. The molecule has 2 rings (SSSR count). The number of nitrogens with two attached hydrogens (primary N) is 1. The van der Waals surface area contributed by atoms with E-state index < -0.39 is 7.12 Å². The number of hydrogen-bond donors (Lipinski definition) is 1. The number of aromatic nitrogens is 1. The highest BCUT2D eigenvalue weighted by Crippen LogP contribution is 2.36. The maximum absolute atomic E-state index is 6.00. The molecule has 1 aliphatic rings. The molecule has 0 radical (unpaired) electrons. The summed E-state index contributed by atoms with van der Waals surface area (Å²) in [6.07, 6.45) is 2.73. The van der Waals surface area contributed by atoms with Gasteiger partial charge in [-0.1, -0.05) is 0 Å². The lowest BCUT2D eigenvalue weighted by atomic mass is 9.83. The summed E-state index contributed by atoms with van der Waals surface area (Å²) in [5.74, 6) is 0. The second-order valence-corrected chi connectivity index (χ2v) is 6.16. The van der Waals surface area contributed by atoms with Gasteiger partial charge in [0.25, 0.3) is 0 Å². The molecular weight excluding hydrogens is 239 g/mol. The van der Waals surface area contributed by atoms with Crippen LogP contribution in [0.2, 0.25) is 0 Å². The average Bonchev–Trinajstić information content (AvgIpc) is 2.51. The summed E-state index contributed by atoms with van der Waals surface area (Å²) >= 11 is 0. The number of pyridine rings is 1. The van der Waals surface area contributed by atoms with Crippen molar-refractivity contribution in [3.8, 4) is 0 Å². The van der Waals surface area contributed by atoms with Crippen LogP contribution in [0.5, 0.6) is 0 Å². The lowest BCUT2D eigenvalue weighted by molar-refractivity contribution is 0.00578. The van der Waals surface area contributed by atoms with E-state index in [-0.39, 0.29) is 11.2 Å². The average molecular weight is 262 g/mol. The molecule has 0 aliphatic carbocycles. The van der Waals surface area contributed by atoms with Crippen LogP contribution < -0.4 is 11.3 Å². The Morgan fingerprint density at radius 3 is 2.26 bits per heavy atom. The van der Waals surface area contributed by atoms with Crippen LogP contribution in [0.3, 0.4) is 0 Å². The highest BCUT2D eigenvalue weighted by atomic mass is 16.7. The van der Waals surface area contributed by atoms with E-state index >= 15 is 0 Å². The largest absolute Gasteiger partial charge is 0.514 e. The third-order valence-corrected chi connectivity index (χ3v) is 4.15. The minimum Gasteiger partial charge on any atom is -0.398 e. The molecule has 1 fully saturated rings. The minimum atomic E-state index is -0.393. The van der Waals surface area contributed by atoms with Crippen LogP contribution in [0.15, 0.2) is 12.3 Å². The number of nitrogens with zero attached hydrogens (tertiary/aromatic N) is 1. The molecule has 5 heteroatoms. The first-order valence-corrected chi connectivity index (χ1v) is 6.78. The fraction of sp³-hybridized carbons (Fsp3) is 0.643. The van der Waals surface area contributed by atoms with Gasteiger partial charge in [0.1, 0.15) is 0 Å². The van der Waals surface area contributed by atoms with Gasteiger partial charge in [0, 0.05) is 6.20 Å². The lowest BCUT2D eigenvalue weighted by Crippen LogP contribution is -2.41. The summed E-state index contributed by atoms with van der Waals surface area (Å²) in [5.41, 5.74) is 8.12. The Balaban J connectivity index is 2.23. The first kappa shape index (κ1) is 14.5. The van der Waals surface area contributed by atoms with Gasteiger partial charge in [0.05, 0.1) is 16.8 Å². The molecule has 0 spiro atoms. The summed E-state index contributed by atoms with van der Waals surface area (Å²) in [5, 5.41) is 0. The van der Waals surface area contributed by atoms with Gasteiger partial charge in [0.2, 0.25) is 0 Å². The molecule has 2 N–H and O–H groups in total. The Labute approximate surface area is 115 Å². The second kappa shape index (κ2) is 4.89. The van der Waals surface area contributed by atoms with Crippen LogP contribution in [0.4, 0.5) is 0 Å². The van der Waals surface area contributed by atoms with Crippen molar-refractivity contribution >= 4 is 12.7 Å². The van der Waals surface area contributed by atoms with E-state index in [1.54, 1.807) is 0 Å². The van der Waals surface area contributed by atoms with Crippen LogP contribution in [-0.2, 0) is 15.7 Å². The van der Waals surface area contributed by atoms with E-state index in [0.717, 1.165) is 12.0 Å². The fourth-order valence-electron chi connectivity index (χ4n) is 2.12. The van der Waals surface area contributed by atoms with E-state index in [9.17, 15) is 0 Å². The predicted octanol–water partition coefficient (Wildman–Crippen LogP) is 1.19. The summed E-state index contributed by atoms with van der Waals surface area (Å²) in [7, 11) is -0.393. The van der Waals surface area contributed by atoms with Crippen molar-refractivity contribution in [2.24, 2.45) is 5.73 Å². The van der Waals surface area contributed by atoms with Crippen molar-refractivity contribution < 1.29 is 9.31 Å². The molecular formula is C14H23BN2O2. The summed E-state index contributed by atoms with van der Waals surface area (Å²) in [6, 6.07) is 2.03. The van der Waals surface area contributed by atoms with E-state index in [1.807, 2.05) is 40.0 Å². The van der Waals surface area contributed by atoms with Crippen molar-refractivity contribution in [1.29, 1.82) is 0 Å². The zero-order valence-electron chi connectivity index (χ0n) is 12.5. The van der Waals surface area contributed by atoms with Gasteiger partial charge in [-0.15, -0.1) is 0 Å². The van der Waals surface area contributed by atoms with Crippen LogP contribution in [-0.4, -0.2) is 29.8 Å². The zero-order valence-corrected chi connectivity index (χ0v) is 12.5. The fourth-order valence-corrected chi connectivity index (χ4v) is 2.12. The number of hydrogen-bond acceptors (Lipinski definition) is 4. The number of aryl methyl sites for hydroxylation is 1. The van der Waals surface area contributed by atoms with Crippen molar-refractivity contribution in [2.75, 3.05) is 6.54 Å². The maximum Gasteiger partial charge on any atom is 0.514 e. The Morgan fingerprint density at radius 2 is 1.79 bits per heavy atom. The van der Waals surface area contributed by atoms with Crippen molar-refractivity contribution in [3.05, 3.63) is 23.4 Å². The highest BCUT2D eigenvalue weighted by molar-refractivity contribution is 6.61. The maximum atomic E-state index is 6.00. The Hall–Kier alpha value is -0.905. The minimum absolute atomic E-state index is 0.330. The third kappa shape index (κ3) is 2.68. The normalized spacial score (nSPS) is 20.8. The summed E-state index contributed by atoms with van der Waals surface area (Å²) < 4.78 is 12.0. The molecule has 19 heavy (non-hydrogen) atoms. The molecule has 0 atom stereocenters. The summed E-state index contributed by atoms with van der Waals surface area (Å²) in [4.78, 5) is 4.47. The van der Waals surface area contributed by atoms with Gasteiger partial charge in [-0.2, -0.15) is 0 Å². The molecule has 0 amide bonds. The van der Waals surface area contributed by atoms with Crippen LogP contribution in [0.1, 0.15) is 38.8 Å². The molecule has 0 aromatic carbocycles. The molecule has 0 bridgehead atoms. The summed E-state index contributed by atoms with van der Waals surface area (Å²) in [6.45, 7) is 10.9. The van der Waals surface area contributed by atoms with Crippen molar-refractivity contribution in [2.45, 2.75) is 52.2 Å². The molecule has 1 aromatic rings. The number of rotatable bonds is 3. The molecule has 1 aromatic heterocycles. The zero-order chi connectivity index (χ0) is 14.3. The Morgan fingerprint density at radius 1 is 1.21 bits per heavy atom. The predicted molar refractivity (Wildman–Crippen MR) is 77.4 cm³/mol. The Kier molecular flexibility index (Phi) is 3.73. The van der Waals surface area contributed by atoms with Crippen LogP contribution >= 0.6 is 0 Å². The van der Waals surface area contributed by atoms with Crippen LogP contribution in [0, 0.1) is 6.92 Å². The van der Waals surface area contributed by atoms with E-state index in [2.05, 4.69) is 11.9 Å². The van der Waals surface area contributed by atoms with Crippen molar-refractivity contribution in [1.82, 2.24) is 4.98 Å². The third-order valence-electron chi connectivity index (χ3n) is 4.15. The van der Waals surface area contributed by atoms with Gasteiger partial charge in [-0.25, -0.2) is 0 Å². The molecule has 0 saturated carbocycles. The SMILES string of the molecule is Cc1cc(B2OC(C)(C)C(C)(C)O2)ncc1CCN. The molecule has 104 valence electrons. The van der Waals surface area contributed by atoms with Gasteiger partial charge in [-0.3, -0.25) is 4.98 Å². The van der Waals surface area contributed by atoms with Gasteiger partial charge < -0.3 is 15.0 Å². The highest BCUT2D eigenvalue weighted by Gasteiger charge is 2.52. The second-order valence-electron chi connectivity index (χ2n) is 6.16. The van der Waals surface area contributed by atoms with Gasteiger partial charge in [-0.05, 0) is 64.8 Å².